The van der Waals surface area contributed by atoms with Crippen LogP contribution in [0.3, 0.4) is 0 Å². The van der Waals surface area contributed by atoms with E-state index in [1.54, 1.807) is 18.2 Å². The van der Waals surface area contributed by atoms with Crippen LogP contribution in [0.5, 0.6) is 0 Å². The van der Waals surface area contributed by atoms with Gasteiger partial charge in [-0.3, -0.25) is 0 Å². The van der Waals surface area contributed by atoms with Gasteiger partial charge in [0.15, 0.2) is 6.10 Å². The topological polar surface area (TPSA) is 72.8 Å². The van der Waals surface area contributed by atoms with Crippen molar-refractivity contribution in [3.05, 3.63) is 35.9 Å². The summed E-state index contributed by atoms with van der Waals surface area (Å²) in [6.07, 6.45) is -1.33. The fourth-order valence-electron chi connectivity index (χ4n) is 0.771. The fourth-order valence-corrected chi connectivity index (χ4v) is 0.771. The standard InChI is InChI=1S/C10H10O5/c1-7(11)9(12)14-15-10(13)8-5-3-2-4-6-8/h2-7,11H,1H3. The largest absolute Gasteiger partial charge is 0.386 e. The van der Waals surface area contributed by atoms with Crippen LogP contribution < -0.4 is 0 Å². The summed E-state index contributed by atoms with van der Waals surface area (Å²) in [5, 5.41) is 8.74. The Balaban J connectivity index is 2.48. The van der Waals surface area contributed by atoms with Crippen molar-refractivity contribution in [1.29, 1.82) is 0 Å². The first kappa shape index (κ1) is 11.2. The Morgan fingerprint density at radius 1 is 1.20 bits per heavy atom. The minimum Gasteiger partial charge on any atom is -0.382 e. The lowest BCUT2D eigenvalue weighted by atomic mass is 10.2. The van der Waals surface area contributed by atoms with Gasteiger partial charge in [-0.15, -0.1) is 0 Å². The molecule has 0 saturated carbocycles. The van der Waals surface area contributed by atoms with Crippen LogP contribution in [0.4, 0.5) is 0 Å². The zero-order valence-corrected chi connectivity index (χ0v) is 8.04. The lowest BCUT2D eigenvalue weighted by Crippen LogP contribution is -2.21. The van der Waals surface area contributed by atoms with Gasteiger partial charge in [0.2, 0.25) is 0 Å². The van der Waals surface area contributed by atoms with Crippen LogP contribution in [-0.4, -0.2) is 23.1 Å². The van der Waals surface area contributed by atoms with Gasteiger partial charge in [0.1, 0.15) is 0 Å². The first-order valence-corrected chi connectivity index (χ1v) is 4.27. The molecule has 0 radical (unpaired) electrons. The second kappa shape index (κ2) is 5.11. The van der Waals surface area contributed by atoms with Crippen molar-refractivity contribution in [2.75, 3.05) is 0 Å². The highest BCUT2D eigenvalue weighted by atomic mass is 17.2. The summed E-state index contributed by atoms with van der Waals surface area (Å²) < 4.78 is 0. The van der Waals surface area contributed by atoms with Crippen LogP contribution in [0.2, 0.25) is 0 Å². The lowest BCUT2D eigenvalue weighted by molar-refractivity contribution is -0.240. The Kier molecular flexibility index (Phi) is 3.82. The molecule has 1 atom stereocenters. The molecule has 0 spiro atoms. The van der Waals surface area contributed by atoms with Crippen LogP contribution in [0.1, 0.15) is 17.3 Å². The second-order valence-electron chi connectivity index (χ2n) is 2.82. The van der Waals surface area contributed by atoms with Crippen molar-refractivity contribution < 1.29 is 24.5 Å². The van der Waals surface area contributed by atoms with E-state index in [-0.39, 0.29) is 5.56 Å². The third-order valence-electron chi connectivity index (χ3n) is 1.55. The molecule has 5 nitrogen and oxygen atoms in total. The highest BCUT2D eigenvalue weighted by molar-refractivity contribution is 5.89. The fraction of sp³-hybridized carbons (Fsp3) is 0.200. The van der Waals surface area contributed by atoms with Crippen LogP contribution in [0.25, 0.3) is 0 Å². The molecule has 0 bridgehead atoms. The van der Waals surface area contributed by atoms with Crippen LogP contribution >= 0.6 is 0 Å². The van der Waals surface area contributed by atoms with Crippen LogP contribution in [0, 0.1) is 0 Å². The number of benzene rings is 1. The molecule has 1 aromatic rings. The van der Waals surface area contributed by atoms with E-state index in [1.165, 1.54) is 19.1 Å². The lowest BCUT2D eigenvalue weighted by Gasteiger charge is -2.03. The van der Waals surface area contributed by atoms with Gasteiger partial charge >= 0.3 is 11.9 Å². The molecule has 1 unspecified atom stereocenters. The first-order valence-electron chi connectivity index (χ1n) is 4.27. The maximum atomic E-state index is 11.2. The van der Waals surface area contributed by atoms with Gasteiger partial charge in [-0.25, -0.2) is 19.4 Å². The molecule has 0 fully saturated rings. The van der Waals surface area contributed by atoms with Crippen molar-refractivity contribution in [3.8, 4) is 0 Å². The van der Waals surface area contributed by atoms with E-state index in [0.29, 0.717) is 0 Å². The summed E-state index contributed by atoms with van der Waals surface area (Å²) in [4.78, 5) is 30.2. The van der Waals surface area contributed by atoms with E-state index in [0.717, 1.165) is 0 Å². The molecule has 5 heteroatoms. The van der Waals surface area contributed by atoms with Gasteiger partial charge in [-0.2, -0.15) is 0 Å². The van der Waals surface area contributed by atoms with E-state index in [9.17, 15) is 9.59 Å². The summed E-state index contributed by atoms with van der Waals surface area (Å²) in [6, 6.07) is 8.05. The van der Waals surface area contributed by atoms with E-state index in [1.807, 2.05) is 0 Å². The summed E-state index contributed by atoms with van der Waals surface area (Å²) in [6.45, 7) is 1.21. The summed E-state index contributed by atoms with van der Waals surface area (Å²) >= 11 is 0. The number of aliphatic hydroxyl groups excluding tert-OH is 1. The quantitative estimate of drug-likeness (QED) is 0.574. The molecule has 0 amide bonds. The summed E-state index contributed by atoms with van der Waals surface area (Å²) in [5.41, 5.74) is 0.260. The number of rotatable bonds is 2. The molecule has 0 aliphatic rings. The molecule has 0 aliphatic heterocycles. The molecule has 0 heterocycles. The molecule has 1 N–H and O–H groups in total. The second-order valence-corrected chi connectivity index (χ2v) is 2.82. The maximum absolute atomic E-state index is 11.2. The van der Waals surface area contributed by atoms with E-state index in [2.05, 4.69) is 9.78 Å². The normalized spacial score (nSPS) is 11.6. The maximum Gasteiger partial charge on any atom is 0.386 e. The SMILES string of the molecule is CC(O)C(=O)OOC(=O)c1ccccc1. The number of carbonyl (C=O) groups is 2. The van der Waals surface area contributed by atoms with E-state index < -0.39 is 18.0 Å². The van der Waals surface area contributed by atoms with Gasteiger partial charge in [0.05, 0.1) is 5.56 Å². The van der Waals surface area contributed by atoms with Gasteiger partial charge < -0.3 is 5.11 Å². The average molecular weight is 210 g/mol. The molecule has 80 valence electrons. The van der Waals surface area contributed by atoms with E-state index in [4.69, 9.17) is 5.11 Å². The summed E-state index contributed by atoms with van der Waals surface area (Å²) in [5.74, 6) is -1.80. The Hall–Kier alpha value is -1.88. The van der Waals surface area contributed by atoms with Crippen molar-refractivity contribution in [2.24, 2.45) is 0 Å². The van der Waals surface area contributed by atoms with Crippen LogP contribution in [-0.2, 0) is 14.6 Å². The number of aliphatic hydroxyl groups is 1. The minimum atomic E-state index is -1.33. The molecule has 0 saturated heterocycles. The number of carbonyl (C=O) groups excluding carboxylic acids is 2. The monoisotopic (exact) mass is 210 g/mol. The van der Waals surface area contributed by atoms with Crippen molar-refractivity contribution >= 4 is 11.9 Å². The smallest absolute Gasteiger partial charge is 0.382 e. The molecule has 15 heavy (non-hydrogen) atoms. The van der Waals surface area contributed by atoms with Gasteiger partial charge in [-0.05, 0) is 19.1 Å². The molecule has 1 aromatic carbocycles. The van der Waals surface area contributed by atoms with Crippen molar-refractivity contribution in [2.45, 2.75) is 13.0 Å². The van der Waals surface area contributed by atoms with E-state index >= 15 is 0 Å². The zero-order chi connectivity index (χ0) is 11.3. The Bertz CT molecular complexity index is 344. The molecule has 0 aliphatic carbocycles. The molecular formula is C10H10O5. The third kappa shape index (κ3) is 3.40. The molecular weight excluding hydrogens is 200 g/mol. The molecule has 0 aromatic heterocycles. The highest BCUT2D eigenvalue weighted by Crippen LogP contribution is 2.01. The highest BCUT2D eigenvalue weighted by Gasteiger charge is 2.15. The molecule has 1 rings (SSSR count). The van der Waals surface area contributed by atoms with Crippen LogP contribution in [0.15, 0.2) is 30.3 Å². The number of hydrogen-bond acceptors (Lipinski definition) is 5. The Labute approximate surface area is 86.2 Å². The Morgan fingerprint density at radius 2 is 1.80 bits per heavy atom. The predicted octanol–water partition coefficient (Wildman–Crippen LogP) is 0.682. The summed E-state index contributed by atoms with van der Waals surface area (Å²) in [7, 11) is 0. The zero-order valence-electron chi connectivity index (χ0n) is 8.04. The van der Waals surface area contributed by atoms with Gasteiger partial charge in [0, 0.05) is 0 Å². The Morgan fingerprint density at radius 3 is 2.33 bits per heavy atom. The average Bonchev–Trinajstić information content (AvgIpc) is 2.26. The van der Waals surface area contributed by atoms with Crippen molar-refractivity contribution in [3.63, 3.8) is 0 Å². The number of hydrogen-bond donors (Lipinski definition) is 1. The van der Waals surface area contributed by atoms with Gasteiger partial charge in [-0.1, -0.05) is 18.2 Å². The predicted molar refractivity (Wildman–Crippen MR) is 49.6 cm³/mol. The van der Waals surface area contributed by atoms with Crippen molar-refractivity contribution in [1.82, 2.24) is 0 Å². The third-order valence-corrected chi connectivity index (χ3v) is 1.55. The van der Waals surface area contributed by atoms with Gasteiger partial charge in [0.25, 0.3) is 0 Å². The minimum absolute atomic E-state index is 0.260. The first-order chi connectivity index (χ1) is 7.11.